The molecule has 0 aromatic carbocycles. The van der Waals surface area contributed by atoms with Gasteiger partial charge in [0.15, 0.2) is 0 Å². The summed E-state index contributed by atoms with van der Waals surface area (Å²) in [6, 6.07) is -0.947. The number of thiophene rings is 1. The number of aliphatic carboxylic acids is 1. The lowest BCUT2D eigenvalue weighted by Crippen LogP contribution is -2.40. The van der Waals surface area contributed by atoms with Crippen LogP contribution in [0.5, 0.6) is 0 Å². The lowest BCUT2D eigenvalue weighted by molar-refractivity contribution is -0.141. The van der Waals surface area contributed by atoms with Crippen molar-refractivity contribution in [3.8, 4) is 0 Å². The number of carboxylic acid groups (broad SMARTS) is 1. The quantitative estimate of drug-likeness (QED) is 0.415. The molecule has 7 nitrogen and oxygen atoms in total. The molecule has 1 unspecified atom stereocenters. The Labute approximate surface area is 163 Å². The molecule has 8 heteroatoms. The zero-order valence-corrected chi connectivity index (χ0v) is 16.7. The zero-order valence-electron chi connectivity index (χ0n) is 15.9. The number of hydrogen-bond donors (Lipinski definition) is 3. The van der Waals surface area contributed by atoms with E-state index in [1.165, 1.54) is 11.3 Å². The second-order valence-electron chi connectivity index (χ2n) is 6.59. The van der Waals surface area contributed by atoms with E-state index in [0.717, 1.165) is 49.0 Å². The number of ether oxygens (including phenoxy) is 1. The highest BCUT2D eigenvalue weighted by Crippen LogP contribution is 2.38. The third kappa shape index (κ3) is 5.77. The molecular formula is C19H28N2O5S. The average Bonchev–Trinajstić information content (AvgIpc) is 2.98. The van der Waals surface area contributed by atoms with Crippen LogP contribution in [-0.4, -0.2) is 42.1 Å². The molecule has 0 fully saturated rings. The van der Waals surface area contributed by atoms with Gasteiger partial charge in [0, 0.05) is 4.88 Å². The van der Waals surface area contributed by atoms with Gasteiger partial charge in [-0.2, -0.15) is 0 Å². The fraction of sp³-hybridized carbons (Fsp3) is 0.632. The summed E-state index contributed by atoms with van der Waals surface area (Å²) in [5, 5.41) is 15.4. The van der Waals surface area contributed by atoms with Crippen molar-refractivity contribution in [3.63, 3.8) is 0 Å². The summed E-state index contributed by atoms with van der Waals surface area (Å²) in [6.07, 6.45) is 5.34. The molecule has 150 valence electrons. The number of anilines is 1. The number of rotatable bonds is 10. The van der Waals surface area contributed by atoms with Gasteiger partial charge in [0.05, 0.1) is 18.6 Å². The molecule has 0 spiro atoms. The summed E-state index contributed by atoms with van der Waals surface area (Å²) in [4.78, 5) is 37.4. The Morgan fingerprint density at radius 1 is 1.22 bits per heavy atom. The lowest BCUT2D eigenvalue weighted by atomic mass is 9.95. The first kappa shape index (κ1) is 21.4. The highest BCUT2D eigenvalue weighted by molar-refractivity contribution is 7.17. The number of unbranched alkanes of at least 4 members (excludes halogenated alkanes) is 1. The van der Waals surface area contributed by atoms with E-state index in [2.05, 4.69) is 10.6 Å². The number of carbonyl (C=O) groups excluding carboxylic acids is 2. The number of amides is 1. The molecule has 0 saturated heterocycles. The Kier molecular flexibility index (Phi) is 8.24. The lowest BCUT2D eigenvalue weighted by Gasteiger charge is -2.14. The molecule has 1 aliphatic carbocycles. The Hall–Kier alpha value is -1.93. The van der Waals surface area contributed by atoms with Crippen LogP contribution in [0.1, 0.15) is 66.8 Å². The predicted molar refractivity (Wildman–Crippen MR) is 104 cm³/mol. The van der Waals surface area contributed by atoms with Crippen LogP contribution in [0.25, 0.3) is 0 Å². The van der Waals surface area contributed by atoms with Crippen LogP contribution in [0.4, 0.5) is 5.00 Å². The summed E-state index contributed by atoms with van der Waals surface area (Å²) in [7, 11) is 0. The number of fused-ring (bicyclic) bond motifs is 1. The first-order chi connectivity index (χ1) is 13.0. The van der Waals surface area contributed by atoms with Crippen molar-refractivity contribution in [2.45, 2.75) is 64.8 Å². The van der Waals surface area contributed by atoms with Gasteiger partial charge in [-0.25, -0.2) is 4.79 Å². The van der Waals surface area contributed by atoms with Crippen molar-refractivity contribution < 1.29 is 24.2 Å². The minimum Gasteiger partial charge on any atom is -0.480 e. The van der Waals surface area contributed by atoms with E-state index in [4.69, 9.17) is 4.74 Å². The van der Waals surface area contributed by atoms with Gasteiger partial charge < -0.3 is 20.5 Å². The van der Waals surface area contributed by atoms with E-state index in [-0.39, 0.29) is 13.0 Å². The van der Waals surface area contributed by atoms with Crippen LogP contribution in [-0.2, 0) is 27.2 Å². The van der Waals surface area contributed by atoms with E-state index >= 15 is 0 Å². The predicted octanol–water partition coefficient (Wildman–Crippen LogP) is 2.98. The molecule has 1 amide bonds. The maximum atomic E-state index is 12.4. The van der Waals surface area contributed by atoms with E-state index in [1.54, 1.807) is 6.92 Å². The third-order valence-corrected chi connectivity index (χ3v) is 5.72. The van der Waals surface area contributed by atoms with Gasteiger partial charge >= 0.3 is 11.9 Å². The summed E-state index contributed by atoms with van der Waals surface area (Å²) in [6.45, 7) is 4.56. The molecule has 0 bridgehead atoms. The zero-order chi connectivity index (χ0) is 19.8. The van der Waals surface area contributed by atoms with Crippen LogP contribution in [0.15, 0.2) is 0 Å². The van der Waals surface area contributed by atoms with Gasteiger partial charge in [-0.3, -0.25) is 9.59 Å². The van der Waals surface area contributed by atoms with Crippen LogP contribution in [0.3, 0.4) is 0 Å². The minimum absolute atomic E-state index is 0.191. The Bertz CT molecular complexity index is 686. The molecule has 1 heterocycles. The molecular weight excluding hydrogens is 368 g/mol. The molecule has 0 aliphatic heterocycles. The van der Waals surface area contributed by atoms with Crippen molar-refractivity contribution in [2.75, 3.05) is 18.5 Å². The van der Waals surface area contributed by atoms with Crippen LogP contribution < -0.4 is 10.6 Å². The summed E-state index contributed by atoms with van der Waals surface area (Å²) in [5.74, 6) is -1.91. The first-order valence-electron chi connectivity index (χ1n) is 9.55. The second kappa shape index (κ2) is 10.4. The van der Waals surface area contributed by atoms with Crippen molar-refractivity contribution in [3.05, 3.63) is 16.0 Å². The summed E-state index contributed by atoms with van der Waals surface area (Å²) < 4.78 is 5.17. The second-order valence-corrected chi connectivity index (χ2v) is 7.69. The Balaban J connectivity index is 2.13. The molecule has 0 radical (unpaired) electrons. The summed E-state index contributed by atoms with van der Waals surface area (Å²) >= 11 is 1.40. The molecule has 1 aromatic rings. The average molecular weight is 397 g/mol. The number of aryl methyl sites for hydroxylation is 1. The van der Waals surface area contributed by atoms with E-state index in [1.807, 2.05) is 6.92 Å². The standard InChI is InChI=1S/C19H28N2O5S/c1-3-5-10-20-13(18(23)24)11-15(22)21-17-16(19(25)26-4-2)12-8-6-7-9-14(12)27-17/h13,20H,3-11H2,1-2H3,(H,21,22)(H,23,24). The third-order valence-electron chi connectivity index (χ3n) is 4.51. The van der Waals surface area contributed by atoms with Gasteiger partial charge in [-0.15, -0.1) is 11.3 Å². The largest absolute Gasteiger partial charge is 0.480 e. The van der Waals surface area contributed by atoms with Crippen molar-refractivity contribution in [1.29, 1.82) is 0 Å². The fourth-order valence-corrected chi connectivity index (χ4v) is 4.43. The topological polar surface area (TPSA) is 105 Å². The van der Waals surface area contributed by atoms with E-state index in [9.17, 15) is 19.5 Å². The monoisotopic (exact) mass is 396 g/mol. The van der Waals surface area contributed by atoms with Crippen LogP contribution >= 0.6 is 11.3 Å². The maximum absolute atomic E-state index is 12.4. The minimum atomic E-state index is -1.06. The molecule has 27 heavy (non-hydrogen) atoms. The molecule has 2 rings (SSSR count). The number of esters is 1. The van der Waals surface area contributed by atoms with Crippen LogP contribution in [0, 0.1) is 0 Å². The van der Waals surface area contributed by atoms with E-state index < -0.39 is 23.9 Å². The molecule has 0 saturated carbocycles. The number of hydrogen-bond acceptors (Lipinski definition) is 6. The molecule has 1 aromatic heterocycles. The highest BCUT2D eigenvalue weighted by Gasteiger charge is 2.28. The van der Waals surface area contributed by atoms with Crippen molar-refractivity contribution in [1.82, 2.24) is 5.32 Å². The van der Waals surface area contributed by atoms with Gasteiger partial charge in [0.25, 0.3) is 0 Å². The number of carboxylic acids is 1. The van der Waals surface area contributed by atoms with Gasteiger partial charge in [-0.1, -0.05) is 13.3 Å². The Morgan fingerprint density at radius 3 is 2.63 bits per heavy atom. The summed E-state index contributed by atoms with van der Waals surface area (Å²) in [5.41, 5.74) is 1.41. The van der Waals surface area contributed by atoms with Crippen molar-refractivity contribution >= 4 is 34.2 Å². The maximum Gasteiger partial charge on any atom is 0.341 e. The normalized spacial score (nSPS) is 14.3. The van der Waals surface area contributed by atoms with Gasteiger partial charge in [-0.05, 0) is 51.1 Å². The highest BCUT2D eigenvalue weighted by atomic mass is 32.1. The van der Waals surface area contributed by atoms with Gasteiger partial charge in [0.1, 0.15) is 11.0 Å². The SMILES string of the molecule is CCCCNC(CC(=O)Nc1sc2c(c1C(=O)OCC)CCCC2)C(=O)O. The first-order valence-corrected chi connectivity index (χ1v) is 10.4. The smallest absolute Gasteiger partial charge is 0.341 e. The van der Waals surface area contributed by atoms with Crippen LogP contribution in [0.2, 0.25) is 0 Å². The number of carbonyl (C=O) groups is 3. The molecule has 3 N–H and O–H groups in total. The van der Waals surface area contributed by atoms with Crippen molar-refractivity contribution in [2.24, 2.45) is 0 Å². The number of nitrogens with one attached hydrogen (secondary N) is 2. The van der Waals surface area contributed by atoms with Gasteiger partial charge in [0.2, 0.25) is 5.91 Å². The Morgan fingerprint density at radius 2 is 1.96 bits per heavy atom. The fourth-order valence-electron chi connectivity index (χ4n) is 3.14. The molecule has 1 aliphatic rings. The van der Waals surface area contributed by atoms with E-state index in [0.29, 0.717) is 17.1 Å². The molecule has 1 atom stereocenters.